The van der Waals surface area contributed by atoms with Gasteiger partial charge >= 0.3 is 5.97 Å². The quantitative estimate of drug-likeness (QED) is 0.651. The molecule has 1 aliphatic rings. The van der Waals surface area contributed by atoms with Crippen LogP contribution in [0.1, 0.15) is 19.8 Å². The maximum atomic E-state index is 11.3. The van der Waals surface area contributed by atoms with Crippen LogP contribution in [0.5, 0.6) is 0 Å². The van der Waals surface area contributed by atoms with Crippen molar-refractivity contribution in [2.75, 3.05) is 27.2 Å². The van der Waals surface area contributed by atoms with E-state index in [0.717, 1.165) is 12.8 Å². The number of hydrogen-bond donors (Lipinski definition) is 2. The van der Waals surface area contributed by atoms with Gasteiger partial charge in [0.1, 0.15) is 5.54 Å². The van der Waals surface area contributed by atoms with E-state index in [1.54, 1.807) is 0 Å². The van der Waals surface area contributed by atoms with Gasteiger partial charge in [-0.3, -0.25) is 4.79 Å². The predicted octanol–water partition coefficient (Wildman–Crippen LogP) is 0.391. The van der Waals surface area contributed by atoms with E-state index >= 15 is 0 Å². The van der Waals surface area contributed by atoms with Gasteiger partial charge in [-0.1, -0.05) is 6.92 Å². The lowest BCUT2D eigenvalue weighted by Gasteiger charge is -2.33. The number of likely N-dealkylation sites (N-methyl/N-ethyl adjacent to an activating group) is 2. The fourth-order valence-corrected chi connectivity index (χ4v) is 2.04. The summed E-state index contributed by atoms with van der Waals surface area (Å²) in [6, 6.07) is 0. The minimum absolute atomic E-state index is 0.308. The van der Waals surface area contributed by atoms with E-state index in [1.165, 1.54) is 0 Å². The van der Waals surface area contributed by atoms with Gasteiger partial charge < -0.3 is 15.3 Å². The van der Waals surface area contributed by atoms with E-state index in [0.29, 0.717) is 19.0 Å². The van der Waals surface area contributed by atoms with Crippen LogP contribution < -0.4 is 5.32 Å². The zero-order valence-electron chi connectivity index (χ0n) is 9.21. The molecular weight excluding hydrogens is 180 g/mol. The van der Waals surface area contributed by atoms with E-state index < -0.39 is 11.5 Å². The standard InChI is InChI=1S/C10H20N2O2/c1-4-11-10(9(13)14,7-12(2)3)8-5-6-8/h8,11H,4-7H2,1-3H3,(H,13,14). The van der Waals surface area contributed by atoms with Crippen LogP contribution in [0, 0.1) is 5.92 Å². The van der Waals surface area contributed by atoms with Crippen molar-refractivity contribution >= 4 is 5.97 Å². The Bertz CT molecular complexity index is 214. The van der Waals surface area contributed by atoms with Gasteiger partial charge in [-0.05, 0) is 39.4 Å². The van der Waals surface area contributed by atoms with Crippen molar-refractivity contribution in [3.05, 3.63) is 0 Å². The van der Waals surface area contributed by atoms with E-state index in [2.05, 4.69) is 5.32 Å². The van der Waals surface area contributed by atoms with Crippen LogP contribution in [0.15, 0.2) is 0 Å². The van der Waals surface area contributed by atoms with Gasteiger partial charge in [0.25, 0.3) is 0 Å². The molecule has 1 unspecified atom stereocenters. The van der Waals surface area contributed by atoms with Crippen LogP contribution >= 0.6 is 0 Å². The summed E-state index contributed by atoms with van der Waals surface area (Å²) in [5, 5.41) is 12.5. The first kappa shape index (κ1) is 11.5. The number of nitrogens with one attached hydrogen (secondary N) is 1. The molecule has 0 spiro atoms. The van der Waals surface area contributed by atoms with Gasteiger partial charge in [0.15, 0.2) is 0 Å². The Morgan fingerprint density at radius 3 is 2.43 bits per heavy atom. The van der Waals surface area contributed by atoms with E-state index in [-0.39, 0.29) is 0 Å². The van der Waals surface area contributed by atoms with Crippen molar-refractivity contribution in [2.24, 2.45) is 5.92 Å². The van der Waals surface area contributed by atoms with Crippen molar-refractivity contribution in [1.82, 2.24) is 10.2 Å². The van der Waals surface area contributed by atoms with Gasteiger partial charge in [-0.25, -0.2) is 0 Å². The summed E-state index contributed by atoms with van der Waals surface area (Å²) in [4.78, 5) is 13.3. The van der Waals surface area contributed by atoms with Gasteiger partial charge in [0.05, 0.1) is 0 Å². The van der Waals surface area contributed by atoms with Crippen molar-refractivity contribution < 1.29 is 9.90 Å². The summed E-state index contributed by atoms with van der Waals surface area (Å²) >= 11 is 0. The second kappa shape index (κ2) is 4.28. The summed E-state index contributed by atoms with van der Waals surface area (Å²) in [6.07, 6.45) is 2.07. The van der Waals surface area contributed by atoms with Crippen LogP contribution in [0.25, 0.3) is 0 Å². The average Bonchev–Trinajstić information content (AvgIpc) is 2.84. The fraction of sp³-hybridized carbons (Fsp3) is 0.900. The highest BCUT2D eigenvalue weighted by atomic mass is 16.4. The Labute approximate surface area is 85.3 Å². The van der Waals surface area contributed by atoms with Gasteiger partial charge in [0.2, 0.25) is 0 Å². The summed E-state index contributed by atoms with van der Waals surface area (Å²) < 4.78 is 0. The van der Waals surface area contributed by atoms with Crippen LogP contribution in [0.4, 0.5) is 0 Å². The lowest BCUT2D eigenvalue weighted by atomic mass is 9.92. The van der Waals surface area contributed by atoms with Crippen LogP contribution in [-0.4, -0.2) is 48.7 Å². The molecule has 0 aromatic heterocycles. The minimum atomic E-state index is -0.724. The van der Waals surface area contributed by atoms with Crippen LogP contribution in [0.2, 0.25) is 0 Å². The van der Waals surface area contributed by atoms with Crippen molar-refractivity contribution in [1.29, 1.82) is 0 Å². The fourth-order valence-electron chi connectivity index (χ4n) is 2.04. The number of carbonyl (C=O) groups is 1. The molecule has 0 radical (unpaired) electrons. The molecule has 1 fully saturated rings. The number of carboxylic acids is 1. The molecule has 1 rings (SSSR count). The molecule has 1 aliphatic carbocycles. The lowest BCUT2D eigenvalue weighted by Crippen LogP contribution is -2.59. The van der Waals surface area contributed by atoms with E-state index in [4.69, 9.17) is 0 Å². The van der Waals surface area contributed by atoms with E-state index in [1.807, 2.05) is 25.9 Å². The maximum absolute atomic E-state index is 11.3. The molecular formula is C10H20N2O2. The first-order chi connectivity index (χ1) is 6.53. The lowest BCUT2D eigenvalue weighted by molar-refractivity contribution is -0.146. The Balaban J connectivity index is 2.77. The monoisotopic (exact) mass is 200 g/mol. The average molecular weight is 200 g/mol. The molecule has 0 heterocycles. The third-order valence-electron chi connectivity index (χ3n) is 2.71. The molecule has 82 valence electrons. The minimum Gasteiger partial charge on any atom is -0.480 e. The van der Waals surface area contributed by atoms with Crippen molar-refractivity contribution in [2.45, 2.75) is 25.3 Å². The van der Waals surface area contributed by atoms with Gasteiger partial charge in [0, 0.05) is 6.54 Å². The Morgan fingerprint density at radius 1 is 1.57 bits per heavy atom. The third kappa shape index (κ3) is 2.25. The Morgan fingerprint density at radius 2 is 2.14 bits per heavy atom. The number of nitrogens with zero attached hydrogens (tertiary/aromatic N) is 1. The molecule has 0 aliphatic heterocycles. The number of rotatable bonds is 6. The molecule has 0 aromatic carbocycles. The predicted molar refractivity (Wildman–Crippen MR) is 55.3 cm³/mol. The molecule has 1 atom stereocenters. The molecule has 0 amide bonds. The zero-order chi connectivity index (χ0) is 10.8. The largest absolute Gasteiger partial charge is 0.480 e. The molecule has 0 bridgehead atoms. The van der Waals surface area contributed by atoms with Crippen molar-refractivity contribution in [3.63, 3.8) is 0 Å². The van der Waals surface area contributed by atoms with Crippen LogP contribution in [-0.2, 0) is 4.79 Å². The zero-order valence-corrected chi connectivity index (χ0v) is 9.21. The Kier molecular flexibility index (Phi) is 3.50. The second-order valence-corrected chi connectivity index (χ2v) is 4.32. The highest BCUT2D eigenvalue weighted by molar-refractivity contribution is 5.80. The van der Waals surface area contributed by atoms with Gasteiger partial charge in [-0.15, -0.1) is 0 Å². The maximum Gasteiger partial charge on any atom is 0.325 e. The first-order valence-electron chi connectivity index (χ1n) is 5.16. The SMILES string of the molecule is CCNC(CN(C)C)(C(=O)O)C1CC1. The molecule has 4 heteroatoms. The topological polar surface area (TPSA) is 52.6 Å². The normalized spacial score (nSPS) is 20.9. The molecule has 1 saturated carbocycles. The summed E-state index contributed by atoms with van der Waals surface area (Å²) in [6.45, 7) is 3.23. The van der Waals surface area contributed by atoms with E-state index in [9.17, 15) is 9.90 Å². The smallest absolute Gasteiger partial charge is 0.325 e. The van der Waals surface area contributed by atoms with Crippen LogP contribution in [0.3, 0.4) is 0 Å². The first-order valence-corrected chi connectivity index (χ1v) is 5.16. The third-order valence-corrected chi connectivity index (χ3v) is 2.71. The summed E-state index contributed by atoms with van der Waals surface area (Å²) in [7, 11) is 3.83. The summed E-state index contributed by atoms with van der Waals surface area (Å²) in [5.74, 6) is -0.405. The van der Waals surface area contributed by atoms with Crippen molar-refractivity contribution in [3.8, 4) is 0 Å². The Hall–Kier alpha value is -0.610. The molecule has 2 N–H and O–H groups in total. The van der Waals surface area contributed by atoms with Gasteiger partial charge in [-0.2, -0.15) is 0 Å². The number of hydrogen-bond acceptors (Lipinski definition) is 3. The molecule has 4 nitrogen and oxygen atoms in total. The highest BCUT2D eigenvalue weighted by Gasteiger charge is 2.50. The second-order valence-electron chi connectivity index (χ2n) is 4.32. The molecule has 14 heavy (non-hydrogen) atoms. The summed E-state index contributed by atoms with van der Waals surface area (Å²) in [5.41, 5.74) is -0.724. The highest BCUT2D eigenvalue weighted by Crippen LogP contribution is 2.40. The number of aliphatic carboxylic acids is 1. The molecule has 0 aromatic rings. The number of carboxylic acid groups (broad SMARTS) is 1. The molecule has 0 saturated heterocycles.